The fourth-order valence-electron chi connectivity index (χ4n) is 2.19. The minimum absolute atomic E-state index is 0.0389. The van der Waals surface area contributed by atoms with E-state index in [1.165, 1.54) is 11.8 Å². The predicted octanol–water partition coefficient (Wildman–Crippen LogP) is 1.20. The van der Waals surface area contributed by atoms with Crippen LogP contribution in [0.15, 0.2) is 24.3 Å². The van der Waals surface area contributed by atoms with Crippen molar-refractivity contribution in [2.45, 2.75) is 13.5 Å². The fourth-order valence-corrected chi connectivity index (χ4v) is 2.94. The zero-order valence-corrected chi connectivity index (χ0v) is 13.7. The van der Waals surface area contributed by atoms with E-state index >= 15 is 0 Å². The van der Waals surface area contributed by atoms with Gasteiger partial charge < -0.3 is 15.0 Å². The normalized spacial score (nSPS) is 14.7. The second-order valence-corrected chi connectivity index (χ2v) is 6.17. The predicted molar refractivity (Wildman–Crippen MR) is 87.7 cm³/mol. The molecular formula is C16H22N2O3S. The maximum atomic E-state index is 11.9. The minimum atomic E-state index is -0.0389. The van der Waals surface area contributed by atoms with Gasteiger partial charge in [-0.2, -0.15) is 0 Å². The molecule has 22 heavy (non-hydrogen) atoms. The Balaban J connectivity index is 1.63. The third-order valence-corrected chi connectivity index (χ3v) is 4.48. The molecule has 2 amide bonds. The number of thioether (sulfide) groups is 1. The van der Waals surface area contributed by atoms with Gasteiger partial charge in [0, 0.05) is 19.6 Å². The van der Waals surface area contributed by atoms with Crippen molar-refractivity contribution in [1.29, 1.82) is 0 Å². The van der Waals surface area contributed by atoms with E-state index in [0.29, 0.717) is 44.4 Å². The van der Waals surface area contributed by atoms with Gasteiger partial charge in [0.15, 0.2) is 0 Å². The molecule has 1 aliphatic rings. The topological polar surface area (TPSA) is 58.6 Å². The first kappa shape index (κ1) is 16.8. The summed E-state index contributed by atoms with van der Waals surface area (Å²) in [6.07, 6.45) is 0. The number of amides is 2. The number of hydrogen-bond acceptors (Lipinski definition) is 4. The van der Waals surface area contributed by atoms with E-state index in [4.69, 9.17) is 4.74 Å². The smallest absolute Gasteiger partial charge is 0.232 e. The van der Waals surface area contributed by atoms with E-state index in [1.54, 1.807) is 4.90 Å². The number of ether oxygens (including phenoxy) is 1. The highest BCUT2D eigenvalue weighted by Gasteiger charge is 2.16. The number of benzene rings is 1. The van der Waals surface area contributed by atoms with Gasteiger partial charge in [-0.3, -0.25) is 9.59 Å². The third-order valence-electron chi connectivity index (χ3n) is 3.56. The molecule has 0 bridgehead atoms. The maximum Gasteiger partial charge on any atom is 0.232 e. The Kier molecular flexibility index (Phi) is 6.74. The lowest BCUT2D eigenvalue weighted by atomic mass is 10.1. The van der Waals surface area contributed by atoms with E-state index < -0.39 is 0 Å². The van der Waals surface area contributed by atoms with Crippen LogP contribution in [0.4, 0.5) is 0 Å². The lowest BCUT2D eigenvalue weighted by molar-refractivity contribution is -0.132. The zero-order chi connectivity index (χ0) is 15.8. The van der Waals surface area contributed by atoms with Gasteiger partial charge in [0.25, 0.3) is 0 Å². The molecule has 1 saturated heterocycles. The molecule has 6 heteroatoms. The number of hydrogen-bond donors (Lipinski definition) is 1. The van der Waals surface area contributed by atoms with Crippen molar-refractivity contribution in [2.24, 2.45) is 0 Å². The molecule has 1 N–H and O–H groups in total. The maximum absolute atomic E-state index is 11.9. The van der Waals surface area contributed by atoms with Crippen molar-refractivity contribution in [3.8, 4) is 0 Å². The number of rotatable bonds is 6. The SMILES string of the molecule is Cc1ccccc1CNC(=O)CSCC(=O)N1CCOCC1. The number of carbonyl (C=O) groups is 2. The molecule has 0 saturated carbocycles. The third kappa shape index (κ3) is 5.35. The zero-order valence-electron chi connectivity index (χ0n) is 12.8. The van der Waals surface area contributed by atoms with Crippen LogP contribution in [0.25, 0.3) is 0 Å². The van der Waals surface area contributed by atoms with Crippen LogP contribution in [0.3, 0.4) is 0 Å². The van der Waals surface area contributed by atoms with Gasteiger partial charge in [0.05, 0.1) is 24.7 Å². The molecule has 0 aliphatic carbocycles. The summed E-state index contributed by atoms with van der Waals surface area (Å²) in [4.78, 5) is 25.5. The molecule has 1 fully saturated rings. The van der Waals surface area contributed by atoms with Crippen molar-refractivity contribution in [2.75, 3.05) is 37.8 Å². The summed E-state index contributed by atoms with van der Waals surface area (Å²) in [7, 11) is 0. The number of nitrogens with one attached hydrogen (secondary N) is 1. The van der Waals surface area contributed by atoms with Gasteiger partial charge in [-0.05, 0) is 18.1 Å². The van der Waals surface area contributed by atoms with Crippen molar-refractivity contribution in [3.05, 3.63) is 35.4 Å². The lowest BCUT2D eigenvalue weighted by Crippen LogP contribution is -2.41. The van der Waals surface area contributed by atoms with Crippen LogP contribution in [-0.2, 0) is 20.9 Å². The largest absolute Gasteiger partial charge is 0.378 e. The first-order valence-electron chi connectivity index (χ1n) is 7.41. The second-order valence-electron chi connectivity index (χ2n) is 5.19. The first-order chi connectivity index (χ1) is 10.7. The van der Waals surface area contributed by atoms with Gasteiger partial charge >= 0.3 is 0 Å². The Morgan fingerprint density at radius 1 is 1.23 bits per heavy atom. The molecule has 5 nitrogen and oxygen atoms in total. The second kappa shape index (κ2) is 8.80. The van der Waals surface area contributed by atoms with Gasteiger partial charge in [-0.15, -0.1) is 11.8 Å². The van der Waals surface area contributed by atoms with Crippen LogP contribution >= 0.6 is 11.8 Å². The number of nitrogens with zero attached hydrogens (tertiary/aromatic N) is 1. The highest BCUT2D eigenvalue weighted by atomic mass is 32.2. The minimum Gasteiger partial charge on any atom is -0.378 e. The summed E-state index contributed by atoms with van der Waals surface area (Å²) in [6, 6.07) is 7.97. The molecular weight excluding hydrogens is 300 g/mol. The van der Waals surface area contributed by atoms with Gasteiger partial charge in [0.2, 0.25) is 11.8 Å². The average Bonchev–Trinajstić information content (AvgIpc) is 2.55. The van der Waals surface area contributed by atoms with Crippen molar-refractivity contribution >= 4 is 23.6 Å². The Bertz CT molecular complexity index is 516. The summed E-state index contributed by atoms with van der Waals surface area (Å²) in [6.45, 7) is 5.07. The highest BCUT2D eigenvalue weighted by molar-refractivity contribution is 8.00. The average molecular weight is 322 g/mol. The summed E-state index contributed by atoms with van der Waals surface area (Å²) in [5, 5.41) is 2.89. The summed E-state index contributed by atoms with van der Waals surface area (Å²) < 4.78 is 5.21. The molecule has 0 atom stereocenters. The van der Waals surface area contributed by atoms with E-state index in [0.717, 1.165) is 11.1 Å². The fraction of sp³-hybridized carbons (Fsp3) is 0.500. The van der Waals surface area contributed by atoms with E-state index in [2.05, 4.69) is 5.32 Å². The molecule has 0 radical (unpaired) electrons. The van der Waals surface area contributed by atoms with Gasteiger partial charge in [-0.25, -0.2) is 0 Å². The molecule has 1 heterocycles. The van der Waals surface area contributed by atoms with Gasteiger partial charge in [-0.1, -0.05) is 24.3 Å². The number of carbonyl (C=O) groups excluding carboxylic acids is 2. The Morgan fingerprint density at radius 2 is 1.95 bits per heavy atom. The lowest BCUT2D eigenvalue weighted by Gasteiger charge is -2.26. The highest BCUT2D eigenvalue weighted by Crippen LogP contribution is 2.07. The molecule has 1 aliphatic heterocycles. The van der Waals surface area contributed by atoms with Crippen LogP contribution in [0, 0.1) is 6.92 Å². The van der Waals surface area contributed by atoms with Crippen LogP contribution in [-0.4, -0.2) is 54.5 Å². The quantitative estimate of drug-likeness (QED) is 0.855. The first-order valence-corrected chi connectivity index (χ1v) is 8.57. The molecule has 120 valence electrons. The molecule has 0 aromatic heterocycles. The Morgan fingerprint density at radius 3 is 2.68 bits per heavy atom. The molecule has 1 aromatic carbocycles. The van der Waals surface area contributed by atoms with Crippen molar-refractivity contribution in [1.82, 2.24) is 10.2 Å². The van der Waals surface area contributed by atoms with Crippen molar-refractivity contribution < 1.29 is 14.3 Å². The Hall–Kier alpha value is -1.53. The van der Waals surface area contributed by atoms with Crippen LogP contribution < -0.4 is 5.32 Å². The van der Waals surface area contributed by atoms with E-state index in [9.17, 15) is 9.59 Å². The summed E-state index contributed by atoms with van der Waals surface area (Å²) in [5.41, 5.74) is 2.28. The monoisotopic (exact) mass is 322 g/mol. The van der Waals surface area contributed by atoms with E-state index in [1.807, 2.05) is 31.2 Å². The summed E-state index contributed by atoms with van der Waals surface area (Å²) >= 11 is 1.36. The van der Waals surface area contributed by atoms with Gasteiger partial charge in [0.1, 0.15) is 0 Å². The Labute approximate surface area is 135 Å². The van der Waals surface area contributed by atoms with Crippen LogP contribution in [0.2, 0.25) is 0 Å². The van der Waals surface area contributed by atoms with E-state index in [-0.39, 0.29) is 11.8 Å². The number of aryl methyl sites for hydroxylation is 1. The molecule has 1 aromatic rings. The summed E-state index contributed by atoms with van der Waals surface area (Å²) in [5.74, 6) is 0.697. The molecule has 0 spiro atoms. The van der Waals surface area contributed by atoms with Crippen molar-refractivity contribution in [3.63, 3.8) is 0 Å². The molecule has 0 unspecified atom stereocenters. The standard InChI is InChI=1S/C16H22N2O3S/c1-13-4-2-3-5-14(13)10-17-15(19)11-22-12-16(20)18-6-8-21-9-7-18/h2-5H,6-12H2,1H3,(H,17,19). The number of morpholine rings is 1. The van der Waals surface area contributed by atoms with Crippen LogP contribution in [0.1, 0.15) is 11.1 Å². The molecule has 2 rings (SSSR count). The van der Waals surface area contributed by atoms with Crippen LogP contribution in [0.5, 0.6) is 0 Å².